The molecule has 0 radical (unpaired) electrons. The van der Waals surface area contributed by atoms with Gasteiger partial charge >= 0.3 is 0 Å². The molecular weight excluding hydrogens is 374 g/mol. The molecule has 22 heavy (non-hydrogen) atoms. The van der Waals surface area contributed by atoms with Gasteiger partial charge in [-0.25, -0.2) is 5.43 Å². The highest BCUT2D eigenvalue weighted by molar-refractivity contribution is 9.10. The maximum absolute atomic E-state index is 11.9. The van der Waals surface area contributed by atoms with Gasteiger partial charge in [-0.1, -0.05) is 33.6 Å². The highest BCUT2D eigenvalue weighted by Crippen LogP contribution is 2.20. The first-order valence-electron chi connectivity index (χ1n) is 6.00. The van der Waals surface area contributed by atoms with E-state index in [1.165, 1.54) is 24.4 Å². The quantitative estimate of drug-likeness (QED) is 0.496. The van der Waals surface area contributed by atoms with Crippen LogP contribution in [0, 0.1) is 10.1 Å². The number of amides is 1. The number of carbonyl (C=O) groups excluding carboxylic acids is 1. The third-order valence-corrected chi connectivity index (χ3v) is 3.48. The van der Waals surface area contributed by atoms with Crippen LogP contribution < -0.4 is 5.43 Å². The molecule has 0 unspecified atom stereocenters. The van der Waals surface area contributed by atoms with Crippen LogP contribution in [0.15, 0.2) is 52.0 Å². The van der Waals surface area contributed by atoms with E-state index in [0.717, 1.165) is 4.47 Å². The molecule has 0 aromatic heterocycles. The molecule has 6 nitrogen and oxygen atoms in total. The first-order chi connectivity index (χ1) is 10.5. The van der Waals surface area contributed by atoms with Crippen LogP contribution in [0.1, 0.15) is 15.9 Å². The Labute approximate surface area is 139 Å². The largest absolute Gasteiger partial charge is 0.271 e. The lowest BCUT2D eigenvalue weighted by atomic mass is 10.2. The minimum Gasteiger partial charge on any atom is -0.267 e. The molecule has 0 spiro atoms. The summed E-state index contributed by atoms with van der Waals surface area (Å²) < 4.78 is 0.769. The van der Waals surface area contributed by atoms with E-state index in [2.05, 4.69) is 26.5 Å². The van der Waals surface area contributed by atoms with Gasteiger partial charge in [0, 0.05) is 32.8 Å². The molecule has 8 heteroatoms. The molecule has 1 amide bonds. The number of halogens is 2. The van der Waals surface area contributed by atoms with Gasteiger partial charge in [0.25, 0.3) is 11.6 Å². The fourth-order valence-electron chi connectivity index (χ4n) is 1.60. The van der Waals surface area contributed by atoms with E-state index in [-0.39, 0.29) is 5.69 Å². The molecule has 0 aliphatic heterocycles. The number of nitrogens with zero attached hydrogens (tertiary/aromatic N) is 2. The van der Waals surface area contributed by atoms with Gasteiger partial charge in [-0.3, -0.25) is 14.9 Å². The molecule has 0 aliphatic rings. The highest BCUT2D eigenvalue weighted by atomic mass is 79.9. The third kappa shape index (κ3) is 4.12. The van der Waals surface area contributed by atoms with E-state index in [1.807, 2.05) is 0 Å². The Kier molecular flexibility index (Phi) is 5.24. The lowest BCUT2D eigenvalue weighted by Crippen LogP contribution is -2.17. The van der Waals surface area contributed by atoms with Crippen LogP contribution in [0.2, 0.25) is 5.02 Å². The van der Waals surface area contributed by atoms with E-state index >= 15 is 0 Å². The van der Waals surface area contributed by atoms with Crippen molar-refractivity contribution < 1.29 is 9.72 Å². The van der Waals surface area contributed by atoms with Crippen LogP contribution in [0.5, 0.6) is 0 Å². The van der Waals surface area contributed by atoms with E-state index in [4.69, 9.17) is 11.6 Å². The molecule has 0 saturated carbocycles. The predicted molar refractivity (Wildman–Crippen MR) is 87.3 cm³/mol. The number of benzene rings is 2. The number of nitrogens with one attached hydrogen (secondary N) is 1. The normalized spacial score (nSPS) is 10.6. The van der Waals surface area contributed by atoms with Crippen molar-refractivity contribution in [1.82, 2.24) is 5.43 Å². The van der Waals surface area contributed by atoms with Crippen molar-refractivity contribution in [3.8, 4) is 0 Å². The van der Waals surface area contributed by atoms with E-state index in [9.17, 15) is 14.9 Å². The Balaban J connectivity index is 2.11. The Morgan fingerprint density at radius 1 is 1.32 bits per heavy atom. The summed E-state index contributed by atoms with van der Waals surface area (Å²) in [6.07, 6.45) is 1.26. The Morgan fingerprint density at radius 3 is 2.77 bits per heavy atom. The lowest BCUT2D eigenvalue weighted by molar-refractivity contribution is -0.384. The average Bonchev–Trinajstić information content (AvgIpc) is 2.48. The van der Waals surface area contributed by atoms with E-state index in [0.29, 0.717) is 16.1 Å². The summed E-state index contributed by atoms with van der Waals surface area (Å²) in [4.78, 5) is 22.0. The fraction of sp³-hybridized carbons (Fsp3) is 0. The van der Waals surface area contributed by atoms with Crippen molar-refractivity contribution in [1.29, 1.82) is 0 Å². The van der Waals surface area contributed by atoms with Gasteiger partial charge in [-0.05, 0) is 24.3 Å². The molecule has 2 rings (SSSR count). The zero-order valence-corrected chi connectivity index (χ0v) is 13.3. The standard InChI is InChI=1S/C14H9BrClN3O3/c15-11-3-1-2-9(6-11)14(20)18-17-8-10-7-12(19(21)22)4-5-13(10)16/h1-8H,(H,18,20)/b17-8-. The molecule has 2 aromatic rings. The third-order valence-electron chi connectivity index (χ3n) is 2.65. The first-order valence-corrected chi connectivity index (χ1v) is 7.17. The van der Waals surface area contributed by atoms with E-state index < -0.39 is 10.8 Å². The van der Waals surface area contributed by atoms with Gasteiger partial charge in [0.15, 0.2) is 0 Å². The van der Waals surface area contributed by atoms with Crippen molar-refractivity contribution in [2.24, 2.45) is 5.10 Å². The zero-order valence-electron chi connectivity index (χ0n) is 11.0. The van der Waals surface area contributed by atoms with Gasteiger partial charge < -0.3 is 0 Å². The number of hydrogen-bond donors (Lipinski definition) is 1. The zero-order chi connectivity index (χ0) is 16.1. The fourth-order valence-corrected chi connectivity index (χ4v) is 2.16. The topological polar surface area (TPSA) is 84.6 Å². The SMILES string of the molecule is O=C(N/N=C\c1cc([N+](=O)[O-])ccc1Cl)c1cccc(Br)c1. The number of carbonyl (C=O) groups is 1. The second-order valence-corrected chi connectivity index (χ2v) is 5.50. The number of hydrazone groups is 1. The minimum absolute atomic E-state index is 0.107. The van der Waals surface area contributed by atoms with Crippen LogP contribution in [0.4, 0.5) is 5.69 Å². The smallest absolute Gasteiger partial charge is 0.267 e. The van der Waals surface area contributed by atoms with Crippen LogP contribution >= 0.6 is 27.5 Å². The number of rotatable bonds is 4. The van der Waals surface area contributed by atoms with Crippen molar-refractivity contribution in [2.75, 3.05) is 0 Å². The number of non-ortho nitro benzene ring substituents is 1. The van der Waals surface area contributed by atoms with E-state index in [1.54, 1.807) is 24.3 Å². The highest BCUT2D eigenvalue weighted by Gasteiger charge is 2.08. The molecule has 112 valence electrons. The molecule has 0 aliphatic carbocycles. The maximum Gasteiger partial charge on any atom is 0.271 e. The van der Waals surface area contributed by atoms with Crippen LogP contribution in [-0.2, 0) is 0 Å². The summed E-state index contributed by atoms with van der Waals surface area (Å²) in [5.41, 5.74) is 2.99. The van der Waals surface area contributed by atoms with Crippen LogP contribution in [-0.4, -0.2) is 17.0 Å². The lowest BCUT2D eigenvalue weighted by Gasteiger charge is -2.01. The average molecular weight is 383 g/mol. The molecule has 0 fully saturated rings. The molecule has 0 bridgehead atoms. The predicted octanol–water partition coefficient (Wildman–Crippen LogP) is 3.77. The first kappa shape index (κ1) is 16.1. The Hall–Kier alpha value is -2.25. The number of hydrogen-bond acceptors (Lipinski definition) is 4. The Bertz CT molecular complexity index is 765. The van der Waals surface area contributed by atoms with Crippen molar-refractivity contribution >= 4 is 45.3 Å². The molecule has 1 N–H and O–H groups in total. The summed E-state index contributed by atoms with van der Waals surface area (Å²) in [5, 5.41) is 14.8. The monoisotopic (exact) mass is 381 g/mol. The molecule has 0 heterocycles. The Morgan fingerprint density at radius 2 is 2.09 bits per heavy atom. The van der Waals surface area contributed by atoms with Crippen molar-refractivity contribution in [2.45, 2.75) is 0 Å². The van der Waals surface area contributed by atoms with Gasteiger partial charge in [0.05, 0.1) is 11.1 Å². The maximum atomic E-state index is 11.9. The molecule has 2 aromatic carbocycles. The number of nitro groups is 1. The minimum atomic E-state index is -0.534. The molecular formula is C14H9BrClN3O3. The second kappa shape index (κ2) is 7.15. The van der Waals surface area contributed by atoms with Crippen LogP contribution in [0.3, 0.4) is 0 Å². The summed E-state index contributed by atoms with van der Waals surface area (Å²) in [7, 11) is 0. The molecule has 0 saturated heterocycles. The van der Waals surface area contributed by atoms with Crippen molar-refractivity contribution in [3.05, 3.63) is 73.2 Å². The summed E-state index contributed by atoms with van der Waals surface area (Å²) >= 11 is 9.19. The van der Waals surface area contributed by atoms with Crippen LogP contribution in [0.25, 0.3) is 0 Å². The second-order valence-electron chi connectivity index (χ2n) is 4.17. The van der Waals surface area contributed by atoms with Gasteiger partial charge in [0.2, 0.25) is 0 Å². The van der Waals surface area contributed by atoms with Gasteiger partial charge in [-0.2, -0.15) is 5.10 Å². The van der Waals surface area contributed by atoms with Crippen molar-refractivity contribution in [3.63, 3.8) is 0 Å². The number of nitro benzene ring substituents is 1. The summed E-state index contributed by atoms with van der Waals surface area (Å²) in [6, 6.07) is 10.8. The summed E-state index contributed by atoms with van der Waals surface area (Å²) in [5.74, 6) is -0.404. The molecule has 0 atom stereocenters. The van der Waals surface area contributed by atoms with Gasteiger partial charge in [-0.15, -0.1) is 0 Å². The summed E-state index contributed by atoms with van der Waals surface area (Å²) in [6.45, 7) is 0. The van der Waals surface area contributed by atoms with Gasteiger partial charge in [0.1, 0.15) is 0 Å².